The number of carbonyl (C=O) groups is 1. The maximum Gasteiger partial charge on any atom is 0.308 e. The zero-order chi connectivity index (χ0) is 11.3. The summed E-state index contributed by atoms with van der Waals surface area (Å²) in [6.45, 7) is 6.52. The summed E-state index contributed by atoms with van der Waals surface area (Å²) in [5, 5.41) is 0. The van der Waals surface area contributed by atoms with E-state index in [-0.39, 0.29) is 18.0 Å². The second kappa shape index (κ2) is 6.11. The van der Waals surface area contributed by atoms with Crippen LogP contribution < -0.4 is 0 Å². The molecule has 2 unspecified atom stereocenters. The van der Waals surface area contributed by atoms with Crippen molar-refractivity contribution in [2.45, 2.75) is 58.7 Å². The molecule has 1 aliphatic rings. The highest BCUT2D eigenvalue weighted by molar-refractivity contribution is 5.72. The maximum atomic E-state index is 11.6. The topological polar surface area (TPSA) is 35.5 Å². The number of ether oxygens (including phenoxy) is 2. The van der Waals surface area contributed by atoms with Gasteiger partial charge in [0.2, 0.25) is 0 Å². The van der Waals surface area contributed by atoms with Crippen molar-refractivity contribution < 1.29 is 14.3 Å². The highest BCUT2D eigenvalue weighted by atomic mass is 16.6. The third-order valence-corrected chi connectivity index (χ3v) is 3.05. The van der Waals surface area contributed by atoms with Crippen LogP contribution in [0.5, 0.6) is 0 Å². The number of esters is 1. The summed E-state index contributed by atoms with van der Waals surface area (Å²) >= 11 is 0. The van der Waals surface area contributed by atoms with Gasteiger partial charge in [-0.1, -0.05) is 13.8 Å². The first-order chi connectivity index (χ1) is 7.17. The average Bonchev–Trinajstić information content (AvgIpc) is 2.63. The van der Waals surface area contributed by atoms with Gasteiger partial charge in [-0.25, -0.2) is 0 Å². The van der Waals surface area contributed by atoms with Crippen LogP contribution in [-0.2, 0) is 14.3 Å². The van der Waals surface area contributed by atoms with Gasteiger partial charge in [0.1, 0.15) is 6.61 Å². The van der Waals surface area contributed by atoms with Crippen molar-refractivity contribution in [3.8, 4) is 0 Å². The van der Waals surface area contributed by atoms with E-state index in [1.165, 1.54) is 0 Å². The molecule has 0 saturated carbocycles. The molecule has 0 aromatic carbocycles. The van der Waals surface area contributed by atoms with E-state index in [9.17, 15) is 4.79 Å². The van der Waals surface area contributed by atoms with Crippen LogP contribution in [0, 0.1) is 5.92 Å². The van der Waals surface area contributed by atoms with Crippen LogP contribution in [0.1, 0.15) is 46.5 Å². The van der Waals surface area contributed by atoms with Gasteiger partial charge in [0, 0.05) is 0 Å². The second-order valence-corrected chi connectivity index (χ2v) is 4.29. The molecule has 0 aromatic heterocycles. The summed E-state index contributed by atoms with van der Waals surface area (Å²) < 4.78 is 10.8. The predicted octanol–water partition coefficient (Wildman–Crippen LogP) is 2.53. The molecule has 0 aliphatic carbocycles. The Kier molecular flexibility index (Phi) is 5.09. The quantitative estimate of drug-likeness (QED) is 0.660. The Bertz CT molecular complexity index is 199. The lowest BCUT2D eigenvalue weighted by molar-refractivity contribution is -0.152. The van der Waals surface area contributed by atoms with Crippen LogP contribution in [0.3, 0.4) is 0 Å². The standard InChI is InChI=1S/C12H22O3/c1-4-10(5-2)12(13)14-8-11-7-6-9(3)15-11/h9-11H,4-8H2,1-3H3. The van der Waals surface area contributed by atoms with E-state index in [0.717, 1.165) is 25.7 Å². The normalized spacial score (nSPS) is 25.9. The summed E-state index contributed by atoms with van der Waals surface area (Å²) in [6, 6.07) is 0. The predicted molar refractivity (Wildman–Crippen MR) is 58.6 cm³/mol. The molecule has 1 saturated heterocycles. The van der Waals surface area contributed by atoms with Gasteiger partial charge in [-0.15, -0.1) is 0 Å². The molecule has 1 heterocycles. The number of hydrogen-bond acceptors (Lipinski definition) is 3. The first kappa shape index (κ1) is 12.5. The maximum absolute atomic E-state index is 11.6. The van der Waals surface area contributed by atoms with Crippen molar-refractivity contribution >= 4 is 5.97 Å². The Morgan fingerprint density at radius 3 is 2.53 bits per heavy atom. The molecule has 0 amide bonds. The molecule has 0 aromatic rings. The summed E-state index contributed by atoms with van der Waals surface area (Å²) in [6.07, 6.45) is 4.25. The van der Waals surface area contributed by atoms with Crippen molar-refractivity contribution in [3.05, 3.63) is 0 Å². The van der Waals surface area contributed by atoms with Crippen LogP contribution in [-0.4, -0.2) is 24.8 Å². The lowest BCUT2D eigenvalue weighted by atomic mass is 10.0. The van der Waals surface area contributed by atoms with Gasteiger partial charge < -0.3 is 9.47 Å². The Balaban J connectivity index is 2.21. The smallest absolute Gasteiger partial charge is 0.308 e. The number of rotatable bonds is 5. The van der Waals surface area contributed by atoms with Crippen LogP contribution in [0.4, 0.5) is 0 Å². The van der Waals surface area contributed by atoms with Gasteiger partial charge in [-0.05, 0) is 32.6 Å². The monoisotopic (exact) mass is 214 g/mol. The third-order valence-electron chi connectivity index (χ3n) is 3.05. The van der Waals surface area contributed by atoms with Crippen molar-refractivity contribution in [2.75, 3.05) is 6.61 Å². The van der Waals surface area contributed by atoms with Crippen molar-refractivity contribution in [3.63, 3.8) is 0 Å². The average molecular weight is 214 g/mol. The van der Waals surface area contributed by atoms with Crippen LogP contribution >= 0.6 is 0 Å². The van der Waals surface area contributed by atoms with Gasteiger partial charge in [0.05, 0.1) is 18.1 Å². The largest absolute Gasteiger partial charge is 0.463 e. The van der Waals surface area contributed by atoms with Gasteiger partial charge in [-0.2, -0.15) is 0 Å². The van der Waals surface area contributed by atoms with E-state index >= 15 is 0 Å². The first-order valence-electron chi connectivity index (χ1n) is 5.99. The SMILES string of the molecule is CCC(CC)C(=O)OCC1CCC(C)O1. The Labute approximate surface area is 92.1 Å². The third kappa shape index (κ3) is 3.82. The van der Waals surface area contributed by atoms with Gasteiger partial charge >= 0.3 is 5.97 Å². The van der Waals surface area contributed by atoms with E-state index < -0.39 is 0 Å². The molecule has 3 nitrogen and oxygen atoms in total. The minimum absolute atomic E-state index is 0.0591. The zero-order valence-corrected chi connectivity index (χ0v) is 9.99. The fourth-order valence-electron chi connectivity index (χ4n) is 1.92. The summed E-state index contributed by atoms with van der Waals surface area (Å²) in [4.78, 5) is 11.6. The summed E-state index contributed by atoms with van der Waals surface area (Å²) in [5.41, 5.74) is 0. The molecule has 2 atom stereocenters. The van der Waals surface area contributed by atoms with Crippen LogP contribution in [0.2, 0.25) is 0 Å². The van der Waals surface area contributed by atoms with Crippen LogP contribution in [0.25, 0.3) is 0 Å². The van der Waals surface area contributed by atoms with E-state index in [1.54, 1.807) is 0 Å². The number of hydrogen-bond donors (Lipinski definition) is 0. The molecule has 0 radical (unpaired) electrons. The molecule has 1 rings (SSSR count). The molecule has 15 heavy (non-hydrogen) atoms. The van der Waals surface area contributed by atoms with E-state index in [4.69, 9.17) is 9.47 Å². The van der Waals surface area contributed by atoms with E-state index in [2.05, 4.69) is 6.92 Å². The van der Waals surface area contributed by atoms with Gasteiger partial charge in [-0.3, -0.25) is 4.79 Å². The van der Waals surface area contributed by atoms with E-state index in [1.807, 2.05) is 13.8 Å². The van der Waals surface area contributed by atoms with Crippen molar-refractivity contribution in [1.29, 1.82) is 0 Å². The van der Waals surface area contributed by atoms with Gasteiger partial charge in [0.15, 0.2) is 0 Å². The lowest BCUT2D eigenvalue weighted by Gasteiger charge is -2.15. The Hall–Kier alpha value is -0.570. The second-order valence-electron chi connectivity index (χ2n) is 4.29. The van der Waals surface area contributed by atoms with E-state index in [0.29, 0.717) is 12.7 Å². The highest BCUT2D eigenvalue weighted by Gasteiger charge is 2.24. The molecule has 1 fully saturated rings. The molecule has 3 heteroatoms. The lowest BCUT2D eigenvalue weighted by Crippen LogP contribution is -2.23. The molecule has 0 bridgehead atoms. The summed E-state index contributed by atoms with van der Waals surface area (Å²) in [5.74, 6) is -0.00743. The minimum atomic E-state index is -0.0665. The van der Waals surface area contributed by atoms with Crippen molar-refractivity contribution in [2.24, 2.45) is 5.92 Å². The minimum Gasteiger partial charge on any atom is -0.463 e. The first-order valence-corrected chi connectivity index (χ1v) is 5.99. The number of carbonyl (C=O) groups excluding carboxylic acids is 1. The molecular formula is C12H22O3. The Morgan fingerprint density at radius 2 is 2.07 bits per heavy atom. The molecule has 0 spiro atoms. The fraction of sp³-hybridized carbons (Fsp3) is 0.917. The molecule has 0 N–H and O–H groups in total. The Morgan fingerprint density at radius 1 is 1.40 bits per heavy atom. The fourth-order valence-corrected chi connectivity index (χ4v) is 1.92. The highest BCUT2D eigenvalue weighted by Crippen LogP contribution is 2.20. The van der Waals surface area contributed by atoms with Crippen molar-refractivity contribution in [1.82, 2.24) is 0 Å². The summed E-state index contributed by atoms with van der Waals surface area (Å²) in [7, 11) is 0. The van der Waals surface area contributed by atoms with Gasteiger partial charge in [0.25, 0.3) is 0 Å². The molecule has 88 valence electrons. The van der Waals surface area contributed by atoms with Crippen LogP contribution in [0.15, 0.2) is 0 Å². The molecular weight excluding hydrogens is 192 g/mol. The zero-order valence-electron chi connectivity index (χ0n) is 9.99. The molecule has 1 aliphatic heterocycles.